The maximum atomic E-state index is 11.0. The van der Waals surface area contributed by atoms with Crippen molar-refractivity contribution in [2.75, 3.05) is 0 Å². The summed E-state index contributed by atoms with van der Waals surface area (Å²) in [4.78, 5) is 0.0353. The molecule has 5 heteroatoms. The summed E-state index contributed by atoms with van der Waals surface area (Å²) >= 11 is 0. The van der Waals surface area contributed by atoms with E-state index < -0.39 is 9.05 Å². The van der Waals surface area contributed by atoms with Gasteiger partial charge in [-0.3, -0.25) is 0 Å². The number of hydrogen-bond acceptors (Lipinski definition) is 3. The molecule has 0 amide bonds. The molecule has 0 saturated heterocycles. The minimum absolute atomic E-state index is 0.0353. The summed E-state index contributed by atoms with van der Waals surface area (Å²) in [5.74, 6) is 0. The highest BCUT2D eigenvalue weighted by molar-refractivity contribution is 8.13. The standard InChI is InChI=1S/C9H8ClNO2S/c1-6-3-8(14(10,12)13)4-7(2)9(6)5-11/h3-4H,1-2H3. The number of hydrogen-bond donors (Lipinski definition) is 0. The highest BCUT2D eigenvalue weighted by Crippen LogP contribution is 2.21. The SMILES string of the molecule is Cc1cc(S(=O)(=O)Cl)cc(C)c1C#N. The minimum Gasteiger partial charge on any atom is -0.207 e. The lowest BCUT2D eigenvalue weighted by atomic mass is 10.0. The minimum atomic E-state index is -3.71. The van der Waals surface area contributed by atoms with Crippen molar-refractivity contribution in [2.45, 2.75) is 18.7 Å². The third-order valence-electron chi connectivity index (χ3n) is 1.90. The van der Waals surface area contributed by atoms with E-state index in [0.29, 0.717) is 16.7 Å². The van der Waals surface area contributed by atoms with E-state index >= 15 is 0 Å². The molecule has 0 fully saturated rings. The van der Waals surface area contributed by atoms with Gasteiger partial charge in [-0.05, 0) is 37.1 Å². The number of aryl methyl sites for hydroxylation is 2. The average molecular weight is 230 g/mol. The Labute approximate surface area is 87.4 Å². The lowest BCUT2D eigenvalue weighted by molar-refractivity contribution is 0.609. The number of nitriles is 1. The maximum absolute atomic E-state index is 11.0. The molecule has 0 aromatic heterocycles. The van der Waals surface area contributed by atoms with Crippen LogP contribution >= 0.6 is 10.7 Å². The van der Waals surface area contributed by atoms with Gasteiger partial charge in [0, 0.05) is 10.7 Å². The van der Waals surface area contributed by atoms with Crippen molar-refractivity contribution in [3.05, 3.63) is 28.8 Å². The van der Waals surface area contributed by atoms with E-state index in [1.165, 1.54) is 12.1 Å². The van der Waals surface area contributed by atoms with Gasteiger partial charge in [-0.25, -0.2) is 8.42 Å². The first-order chi connectivity index (χ1) is 6.36. The quantitative estimate of drug-likeness (QED) is 0.693. The molecule has 0 unspecified atom stereocenters. The summed E-state index contributed by atoms with van der Waals surface area (Å²) in [6.07, 6.45) is 0. The third-order valence-corrected chi connectivity index (χ3v) is 3.23. The zero-order valence-electron chi connectivity index (χ0n) is 7.70. The van der Waals surface area contributed by atoms with Crippen LogP contribution in [0.2, 0.25) is 0 Å². The first-order valence-electron chi connectivity index (χ1n) is 3.82. The Balaban J connectivity index is 3.53. The van der Waals surface area contributed by atoms with E-state index in [0.717, 1.165) is 0 Å². The Hall–Kier alpha value is -1.05. The van der Waals surface area contributed by atoms with Crippen LogP contribution in [0.15, 0.2) is 17.0 Å². The van der Waals surface area contributed by atoms with Crippen LogP contribution in [0.1, 0.15) is 16.7 Å². The van der Waals surface area contributed by atoms with Crippen LogP contribution in [-0.4, -0.2) is 8.42 Å². The van der Waals surface area contributed by atoms with E-state index in [1.807, 2.05) is 6.07 Å². The Kier molecular flexibility index (Phi) is 2.84. The summed E-state index contributed by atoms with van der Waals surface area (Å²) in [6.45, 7) is 3.36. The highest BCUT2D eigenvalue weighted by atomic mass is 35.7. The van der Waals surface area contributed by atoms with Crippen molar-refractivity contribution < 1.29 is 8.42 Å². The van der Waals surface area contributed by atoms with Gasteiger partial charge >= 0.3 is 0 Å². The zero-order chi connectivity index (χ0) is 10.9. The summed E-state index contributed by atoms with van der Waals surface area (Å²) in [6, 6.07) is 4.80. The third kappa shape index (κ3) is 2.06. The molecule has 74 valence electrons. The maximum Gasteiger partial charge on any atom is 0.261 e. The molecule has 1 rings (SSSR count). The molecule has 3 nitrogen and oxygen atoms in total. The van der Waals surface area contributed by atoms with E-state index in [2.05, 4.69) is 0 Å². The smallest absolute Gasteiger partial charge is 0.207 e. The van der Waals surface area contributed by atoms with Gasteiger partial charge in [-0.1, -0.05) is 0 Å². The van der Waals surface area contributed by atoms with Gasteiger partial charge in [0.25, 0.3) is 9.05 Å². The fourth-order valence-electron chi connectivity index (χ4n) is 1.24. The molecule has 0 saturated carbocycles. The second-order valence-corrected chi connectivity index (χ2v) is 5.55. The average Bonchev–Trinajstić information content (AvgIpc) is 2.01. The van der Waals surface area contributed by atoms with Crippen LogP contribution < -0.4 is 0 Å². The van der Waals surface area contributed by atoms with Crippen LogP contribution in [0.25, 0.3) is 0 Å². The van der Waals surface area contributed by atoms with Gasteiger partial charge in [-0.15, -0.1) is 0 Å². The van der Waals surface area contributed by atoms with Gasteiger partial charge in [0.1, 0.15) is 0 Å². The van der Waals surface area contributed by atoms with Crippen molar-refractivity contribution in [1.29, 1.82) is 5.26 Å². The first-order valence-corrected chi connectivity index (χ1v) is 6.13. The van der Waals surface area contributed by atoms with E-state index in [9.17, 15) is 8.42 Å². The second-order valence-electron chi connectivity index (χ2n) is 2.98. The Bertz CT molecular complexity index is 491. The fourth-order valence-corrected chi connectivity index (χ4v) is 2.14. The number of rotatable bonds is 1. The number of halogens is 1. The Morgan fingerprint density at radius 1 is 1.29 bits per heavy atom. The van der Waals surface area contributed by atoms with Gasteiger partial charge < -0.3 is 0 Å². The normalized spacial score (nSPS) is 11.0. The van der Waals surface area contributed by atoms with Crippen molar-refractivity contribution in [3.8, 4) is 6.07 Å². The van der Waals surface area contributed by atoms with Crippen molar-refractivity contribution in [2.24, 2.45) is 0 Å². The molecule has 0 atom stereocenters. The molecule has 0 heterocycles. The van der Waals surface area contributed by atoms with Crippen molar-refractivity contribution in [3.63, 3.8) is 0 Å². The molecule has 1 aromatic rings. The molecular formula is C9H8ClNO2S. The monoisotopic (exact) mass is 229 g/mol. The van der Waals surface area contributed by atoms with Gasteiger partial charge in [-0.2, -0.15) is 5.26 Å². The van der Waals surface area contributed by atoms with Gasteiger partial charge in [0.05, 0.1) is 16.5 Å². The van der Waals surface area contributed by atoms with Crippen molar-refractivity contribution in [1.82, 2.24) is 0 Å². The second kappa shape index (κ2) is 3.60. The lowest BCUT2D eigenvalue weighted by Gasteiger charge is -2.04. The molecule has 0 spiro atoms. The van der Waals surface area contributed by atoms with E-state index in [1.54, 1.807) is 13.8 Å². The predicted molar refractivity (Wildman–Crippen MR) is 53.7 cm³/mol. The van der Waals surface area contributed by atoms with Crippen LogP contribution in [0.4, 0.5) is 0 Å². The van der Waals surface area contributed by atoms with Crippen LogP contribution in [-0.2, 0) is 9.05 Å². The summed E-state index contributed by atoms with van der Waals surface area (Å²) in [7, 11) is 1.48. The summed E-state index contributed by atoms with van der Waals surface area (Å²) < 4.78 is 22.0. The molecule has 0 N–H and O–H groups in total. The predicted octanol–water partition coefficient (Wildman–Crippen LogP) is 2.10. The molecule has 14 heavy (non-hydrogen) atoms. The molecular weight excluding hydrogens is 222 g/mol. The largest absolute Gasteiger partial charge is 0.261 e. The number of nitrogens with zero attached hydrogens (tertiary/aromatic N) is 1. The summed E-state index contributed by atoms with van der Waals surface area (Å²) in [5, 5.41) is 8.76. The Morgan fingerprint density at radius 3 is 2.00 bits per heavy atom. The Morgan fingerprint density at radius 2 is 1.71 bits per heavy atom. The molecule has 0 radical (unpaired) electrons. The van der Waals surface area contributed by atoms with Crippen LogP contribution in [0, 0.1) is 25.2 Å². The number of benzene rings is 1. The van der Waals surface area contributed by atoms with E-state index in [-0.39, 0.29) is 4.90 Å². The highest BCUT2D eigenvalue weighted by Gasteiger charge is 2.13. The first kappa shape index (κ1) is 11.0. The van der Waals surface area contributed by atoms with Crippen LogP contribution in [0.5, 0.6) is 0 Å². The zero-order valence-corrected chi connectivity index (χ0v) is 9.28. The molecule has 1 aromatic carbocycles. The molecule has 0 aliphatic carbocycles. The molecule has 0 aliphatic rings. The van der Waals surface area contributed by atoms with Crippen molar-refractivity contribution >= 4 is 19.7 Å². The van der Waals surface area contributed by atoms with Gasteiger partial charge in [0.2, 0.25) is 0 Å². The lowest BCUT2D eigenvalue weighted by Crippen LogP contribution is -1.96. The van der Waals surface area contributed by atoms with E-state index in [4.69, 9.17) is 15.9 Å². The van der Waals surface area contributed by atoms with Gasteiger partial charge in [0.15, 0.2) is 0 Å². The van der Waals surface area contributed by atoms with Crippen LogP contribution in [0.3, 0.4) is 0 Å². The molecule has 0 aliphatic heterocycles. The topological polar surface area (TPSA) is 57.9 Å². The summed E-state index contributed by atoms with van der Waals surface area (Å²) in [5.41, 5.74) is 1.73. The fraction of sp³-hybridized carbons (Fsp3) is 0.222. The molecule has 0 bridgehead atoms.